The van der Waals surface area contributed by atoms with Gasteiger partial charge in [-0.25, -0.2) is 5.20 Å². The first-order valence-corrected chi connectivity index (χ1v) is 4.57. The highest BCUT2D eigenvalue weighted by molar-refractivity contribution is 9.38. The second-order valence-corrected chi connectivity index (χ2v) is 3.52. The van der Waals surface area contributed by atoms with Crippen molar-refractivity contribution in [3.05, 3.63) is 0 Å². The SMILES string of the molecule is BrP1NN=CO1. The van der Waals surface area contributed by atoms with Gasteiger partial charge in [-0.1, -0.05) is 0 Å². The minimum Gasteiger partial charge on any atom is -0.430 e. The maximum Gasteiger partial charge on any atom is 0.281 e. The zero-order chi connectivity index (χ0) is 4.41. The van der Waals surface area contributed by atoms with Gasteiger partial charge in [0.1, 0.15) is 0 Å². The largest absolute Gasteiger partial charge is 0.430 e. The monoisotopic (exact) mass is 168 g/mol. The van der Waals surface area contributed by atoms with E-state index in [9.17, 15) is 0 Å². The molecule has 0 saturated heterocycles. The molecule has 1 N–H and O–H groups in total. The van der Waals surface area contributed by atoms with Gasteiger partial charge in [-0.05, 0) is 0 Å². The molecule has 0 radical (unpaired) electrons. The van der Waals surface area contributed by atoms with Crippen molar-refractivity contribution in [1.29, 1.82) is 0 Å². The summed E-state index contributed by atoms with van der Waals surface area (Å²) in [6, 6.07) is 0. The van der Waals surface area contributed by atoms with Crippen molar-refractivity contribution in [2.24, 2.45) is 5.10 Å². The van der Waals surface area contributed by atoms with E-state index in [1.54, 1.807) is 0 Å². The van der Waals surface area contributed by atoms with Crippen LogP contribution in [0.1, 0.15) is 0 Å². The molecule has 0 fully saturated rings. The summed E-state index contributed by atoms with van der Waals surface area (Å²) in [6.07, 6.45) is 1.38. The minimum atomic E-state index is -0.625. The lowest BCUT2D eigenvalue weighted by Crippen LogP contribution is -1.80. The van der Waals surface area contributed by atoms with Gasteiger partial charge in [0.25, 0.3) is 7.00 Å². The molecule has 0 aromatic rings. The standard InChI is InChI=1S/CH2BrN2OP/c2-6-4-3-1-5-6/h1,4H. The topological polar surface area (TPSA) is 33.6 Å². The van der Waals surface area contributed by atoms with Crippen LogP contribution in [0.5, 0.6) is 0 Å². The molecule has 0 amide bonds. The van der Waals surface area contributed by atoms with E-state index >= 15 is 0 Å². The van der Waals surface area contributed by atoms with Crippen LogP contribution in [0.2, 0.25) is 0 Å². The normalized spacial score (nSPS) is 29.2. The van der Waals surface area contributed by atoms with Crippen molar-refractivity contribution < 1.29 is 4.52 Å². The molecule has 0 spiro atoms. The quantitative estimate of drug-likeness (QED) is 0.552. The molecule has 0 saturated carbocycles. The molecule has 1 aliphatic heterocycles. The summed E-state index contributed by atoms with van der Waals surface area (Å²) in [5.41, 5.74) is 0. The van der Waals surface area contributed by atoms with Crippen LogP contribution < -0.4 is 5.20 Å². The average molecular weight is 169 g/mol. The van der Waals surface area contributed by atoms with Gasteiger partial charge >= 0.3 is 0 Å². The van der Waals surface area contributed by atoms with Crippen LogP contribution in [0.4, 0.5) is 0 Å². The van der Waals surface area contributed by atoms with E-state index in [1.807, 2.05) is 0 Å². The van der Waals surface area contributed by atoms with Crippen LogP contribution in [0.3, 0.4) is 0 Å². The number of hydrogen-bond acceptors (Lipinski definition) is 3. The first-order valence-electron chi connectivity index (χ1n) is 1.29. The third-order valence-corrected chi connectivity index (χ3v) is 1.86. The zero-order valence-electron chi connectivity index (χ0n) is 2.76. The first-order chi connectivity index (χ1) is 2.89. The number of rotatable bonds is 0. The van der Waals surface area contributed by atoms with E-state index in [0.717, 1.165) is 0 Å². The van der Waals surface area contributed by atoms with Gasteiger partial charge in [-0.3, -0.25) is 0 Å². The molecule has 1 aliphatic rings. The van der Waals surface area contributed by atoms with Crippen LogP contribution in [-0.2, 0) is 4.52 Å². The van der Waals surface area contributed by atoms with Crippen LogP contribution in [0.25, 0.3) is 0 Å². The number of nitrogens with zero attached hydrogens (tertiary/aromatic N) is 1. The molecular formula is CH2BrN2OP. The Labute approximate surface area is 44.4 Å². The molecule has 1 atom stereocenters. The fraction of sp³-hybridized carbons (Fsp3) is 0. The Bertz CT molecular complexity index is 67.9. The smallest absolute Gasteiger partial charge is 0.281 e. The summed E-state index contributed by atoms with van der Waals surface area (Å²) in [5.74, 6) is 0. The number of nitrogens with one attached hydrogen (secondary N) is 1. The second kappa shape index (κ2) is 1.76. The molecule has 1 rings (SSSR count). The average Bonchev–Trinajstić information content (AvgIpc) is 1.86. The maximum absolute atomic E-state index is 4.73. The molecule has 0 aromatic heterocycles. The van der Waals surface area contributed by atoms with Gasteiger partial charge in [0, 0.05) is 15.5 Å². The fourth-order valence-corrected chi connectivity index (χ4v) is 0.971. The van der Waals surface area contributed by atoms with E-state index in [1.165, 1.54) is 6.40 Å². The van der Waals surface area contributed by atoms with Crippen molar-refractivity contribution in [2.75, 3.05) is 0 Å². The Morgan fingerprint density at radius 2 is 2.83 bits per heavy atom. The second-order valence-electron chi connectivity index (χ2n) is 0.685. The predicted molar refractivity (Wildman–Crippen MR) is 28.6 cm³/mol. The zero-order valence-corrected chi connectivity index (χ0v) is 5.24. The highest BCUT2D eigenvalue weighted by Crippen LogP contribution is 2.41. The summed E-state index contributed by atoms with van der Waals surface area (Å²) >= 11 is 3.14. The van der Waals surface area contributed by atoms with Crippen molar-refractivity contribution in [3.63, 3.8) is 0 Å². The minimum absolute atomic E-state index is 0.625. The molecule has 6 heavy (non-hydrogen) atoms. The number of hydrazone groups is 1. The lowest BCUT2D eigenvalue weighted by Gasteiger charge is -1.91. The van der Waals surface area contributed by atoms with E-state index in [0.29, 0.717) is 0 Å². The van der Waals surface area contributed by atoms with Gasteiger partial charge in [-0.15, -0.1) is 5.10 Å². The molecule has 5 heteroatoms. The Balaban J connectivity index is 2.32. The highest BCUT2D eigenvalue weighted by atomic mass is 79.9. The summed E-state index contributed by atoms with van der Waals surface area (Å²) < 4.78 is 4.73. The lowest BCUT2D eigenvalue weighted by atomic mass is 11.5. The number of hydrogen-bond donors (Lipinski definition) is 1. The summed E-state index contributed by atoms with van der Waals surface area (Å²) in [4.78, 5) is 0. The Hall–Kier alpha value is 0.180. The van der Waals surface area contributed by atoms with Crippen LogP contribution in [0.15, 0.2) is 5.10 Å². The van der Waals surface area contributed by atoms with Crippen LogP contribution in [-0.4, -0.2) is 6.40 Å². The third kappa shape index (κ3) is 0.820. The van der Waals surface area contributed by atoms with Gasteiger partial charge in [0.2, 0.25) is 0 Å². The van der Waals surface area contributed by atoms with Crippen molar-refractivity contribution in [3.8, 4) is 0 Å². The first kappa shape index (κ1) is 4.34. The fourth-order valence-electron chi connectivity index (χ4n) is 0.157. The Kier molecular flexibility index (Phi) is 1.27. The van der Waals surface area contributed by atoms with Gasteiger partial charge < -0.3 is 4.52 Å². The van der Waals surface area contributed by atoms with E-state index in [-0.39, 0.29) is 0 Å². The Morgan fingerprint density at radius 3 is 3.00 bits per heavy atom. The number of halogens is 1. The lowest BCUT2D eigenvalue weighted by molar-refractivity contribution is 0.670. The van der Waals surface area contributed by atoms with Crippen molar-refractivity contribution >= 4 is 28.9 Å². The third-order valence-electron chi connectivity index (χ3n) is 0.329. The van der Waals surface area contributed by atoms with Gasteiger partial charge in [-0.2, -0.15) is 0 Å². The van der Waals surface area contributed by atoms with Crippen molar-refractivity contribution in [1.82, 2.24) is 5.20 Å². The van der Waals surface area contributed by atoms with Crippen LogP contribution >= 0.6 is 22.5 Å². The molecule has 34 valence electrons. The van der Waals surface area contributed by atoms with E-state index in [2.05, 4.69) is 25.8 Å². The maximum atomic E-state index is 4.73. The molecule has 1 unspecified atom stereocenters. The highest BCUT2D eigenvalue weighted by Gasteiger charge is 2.04. The summed E-state index contributed by atoms with van der Waals surface area (Å²) in [5, 5.41) is 6.20. The summed E-state index contributed by atoms with van der Waals surface area (Å²) in [6.45, 7) is 0. The molecular weight excluding hydrogens is 167 g/mol. The molecule has 1 heterocycles. The van der Waals surface area contributed by atoms with Crippen LogP contribution in [0, 0.1) is 0 Å². The van der Waals surface area contributed by atoms with E-state index in [4.69, 9.17) is 4.52 Å². The molecule has 0 aromatic carbocycles. The predicted octanol–water partition coefficient (Wildman–Crippen LogP) is 1.17. The molecule has 3 nitrogen and oxygen atoms in total. The Morgan fingerprint density at radius 1 is 2.00 bits per heavy atom. The molecule has 0 bridgehead atoms. The molecule has 0 aliphatic carbocycles. The summed E-state index contributed by atoms with van der Waals surface area (Å²) in [7, 11) is -0.625. The van der Waals surface area contributed by atoms with Crippen molar-refractivity contribution in [2.45, 2.75) is 0 Å². The van der Waals surface area contributed by atoms with Gasteiger partial charge in [0.15, 0.2) is 6.40 Å². The van der Waals surface area contributed by atoms with Gasteiger partial charge in [0.05, 0.1) is 0 Å². The van der Waals surface area contributed by atoms with E-state index < -0.39 is 7.00 Å².